The maximum atomic E-state index is 12.2. The second-order valence-electron chi connectivity index (χ2n) is 4.13. The third-order valence-electron chi connectivity index (χ3n) is 2.77. The topological polar surface area (TPSA) is 58.2 Å². The fraction of sp³-hybridized carbons (Fsp3) is 0.385. The van der Waals surface area contributed by atoms with Gasteiger partial charge < -0.3 is 10.6 Å². The Morgan fingerprint density at radius 1 is 1.47 bits per heavy atom. The van der Waals surface area contributed by atoms with E-state index in [1.165, 1.54) is 0 Å². The number of hydrogen-bond donors (Lipinski definition) is 2. The first-order chi connectivity index (χ1) is 9.20. The van der Waals surface area contributed by atoms with Gasteiger partial charge in [0.05, 0.1) is 5.69 Å². The fourth-order valence-corrected chi connectivity index (χ4v) is 3.30. The summed E-state index contributed by atoms with van der Waals surface area (Å²) in [7, 11) is 0. The van der Waals surface area contributed by atoms with E-state index < -0.39 is 6.04 Å². The summed E-state index contributed by atoms with van der Waals surface area (Å²) in [5.41, 5.74) is 0.795. The van der Waals surface area contributed by atoms with Crippen LogP contribution in [0, 0.1) is 0 Å². The Balaban J connectivity index is 2.05. The Hall–Kier alpha value is -1.14. The molecule has 1 aromatic carbocycles. The zero-order chi connectivity index (χ0) is 13.7. The normalized spacial score (nSPS) is 19.4. The summed E-state index contributed by atoms with van der Waals surface area (Å²) in [5.74, 6) is 1.20. The molecule has 4 nitrogen and oxygen atoms in total. The van der Waals surface area contributed by atoms with E-state index in [9.17, 15) is 9.59 Å². The van der Waals surface area contributed by atoms with E-state index in [4.69, 9.17) is 0 Å². The molecule has 2 amide bonds. The lowest BCUT2D eigenvalue weighted by atomic mass is 10.2. The van der Waals surface area contributed by atoms with Crippen LogP contribution < -0.4 is 10.6 Å². The van der Waals surface area contributed by atoms with Gasteiger partial charge in [0.1, 0.15) is 6.04 Å². The number of carbonyl (C=O) groups is 2. The monoisotopic (exact) mass is 296 g/mol. The summed E-state index contributed by atoms with van der Waals surface area (Å²) in [4.78, 5) is 24.7. The molecule has 2 rings (SSSR count). The van der Waals surface area contributed by atoms with E-state index >= 15 is 0 Å². The van der Waals surface area contributed by atoms with Crippen molar-refractivity contribution in [2.24, 2.45) is 0 Å². The fourth-order valence-electron chi connectivity index (χ4n) is 1.78. The average Bonchev–Trinajstić information content (AvgIpc) is 2.64. The smallest absolute Gasteiger partial charge is 0.247 e. The molecule has 0 aromatic heterocycles. The van der Waals surface area contributed by atoms with E-state index in [0.29, 0.717) is 12.2 Å². The van der Waals surface area contributed by atoms with Crippen LogP contribution in [0.1, 0.15) is 6.42 Å². The van der Waals surface area contributed by atoms with Gasteiger partial charge in [0.25, 0.3) is 0 Å². The third kappa shape index (κ3) is 3.91. The molecular formula is C13H16N2O2S2. The zero-order valence-corrected chi connectivity index (χ0v) is 12.3. The molecule has 0 spiro atoms. The molecule has 1 atom stereocenters. The van der Waals surface area contributed by atoms with E-state index in [1.807, 2.05) is 30.5 Å². The summed E-state index contributed by atoms with van der Waals surface area (Å²) >= 11 is 3.21. The van der Waals surface area contributed by atoms with Gasteiger partial charge in [-0.2, -0.15) is 11.8 Å². The molecule has 1 saturated heterocycles. The largest absolute Gasteiger partial charge is 0.343 e. The van der Waals surface area contributed by atoms with Crippen LogP contribution in [0.25, 0.3) is 0 Å². The highest BCUT2D eigenvalue weighted by Gasteiger charge is 2.23. The molecule has 102 valence electrons. The molecule has 2 N–H and O–H groups in total. The SMILES string of the molecule is CSc1ccccc1NC(=O)C1CSCCC(=O)N1. The van der Waals surface area contributed by atoms with Gasteiger partial charge in [0.2, 0.25) is 11.8 Å². The Kier molecular flexibility index (Phi) is 5.15. The summed E-state index contributed by atoms with van der Waals surface area (Å²) in [6, 6.07) is 7.20. The maximum absolute atomic E-state index is 12.2. The molecule has 6 heteroatoms. The van der Waals surface area contributed by atoms with E-state index in [-0.39, 0.29) is 11.8 Å². The minimum absolute atomic E-state index is 0.0525. The van der Waals surface area contributed by atoms with Crippen LogP contribution in [-0.4, -0.2) is 35.6 Å². The lowest BCUT2D eigenvalue weighted by Gasteiger charge is -2.16. The molecule has 1 heterocycles. The third-order valence-corrected chi connectivity index (χ3v) is 4.63. The predicted molar refractivity (Wildman–Crippen MR) is 80.7 cm³/mol. The van der Waals surface area contributed by atoms with Gasteiger partial charge in [-0.3, -0.25) is 9.59 Å². The van der Waals surface area contributed by atoms with Crippen LogP contribution in [0.5, 0.6) is 0 Å². The number of hydrogen-bond acceptors (Lipinski definition) is 4. The highest BCUT2D eigenvalue weighted by Crippen LogP contribution is 2.25. The number of anilines is 1. The second-order valence-corrected chi connectivity index (χ2v) is 6.13. The van der Waals surface area contributed by atoms with Crippen molar-refractivity contribution in [3.63, 3.8) is 0 Å². The Morgan fingerprint density at radius 2 is 2.26 bits per heavy atom. The minimum Gasteiger partial charge on any atom is -0.343 e. The number of para-hydroxylation sites is 1. The van der Waals surface area contributed by atoms with E-state index in [2.05, 4.69) is 10.6 Å². The van der Waals surface area contributed by atoms with Gasteiger partial charge in [-0.15, -0.1) is 11.8 Å². The van der Waals surface area contributed by atoms with Gasteiger partial charge in [-0.05, 0) is 18.4 Å². The molecule has 0 saturated carbocycles. The van der Waals surface area contributed by atoms with Crippen molar-refractivity contribution in [2.45, 2.75) is 17.4 Å². The van der Waals surface area contributed by atoms with Crippen molar-refractivity contribution in [3.8, 4) is 0 Å². The molecule has 19 heavy (non-hydrogen) atoms. The second kappa shape index (κ2) is 6.86. The molecule has 1 aromatic rings. The summed E-state index contributed by atoms with van der Waals surface area (Å²) in [5, 5.41) is 5.65. The highest BCUT2D eigenvalue weighted by atomic mass is 32.2. The molecule has 0 bridgehead atoms. The standard InChI is InChI=1S/C13H16N2O2S2/c1-18-11-5-3-2-4-9(11)15-13(17)10-8-19-7-6-12(16)14-10/h2-5,10H,6-8H2,1H3,(H,14,16)(H,15,17). The number of rotatable bonds is 3. The molecule has 1 aliphatic rings. The van der Waals surface area contributed by atoms with E-state index in [1.54, 1.807) is 23.5 Å². The minimum atomic E-state index is -0.449. The van der Waals surface area contributed by atoms with Crippen molar-refractivity contribution < 1.29 is 9.59 Å². The summed E-state index contributed by atoms with van der Waals surface area (Å²) < 4.78 is 0. The lowest BCUT2D eigenvalue weighted by Crippen LogP contribution is -2.44. The molecule has 1 unspecified atom stereocenters. The quantitative estimate of drug-likeness (QED) is 0.837. The number of benzene rings is 1. The molecule has 0 radical (unpaired) electrons. The van der Waals surface area contributed by atoms with Crippen molar-refractivity contribution in [1.29, 1.82) is 0 Å². The lowest BCUT2D eigenvalue weighted by molar-refractivity contribution is -0.125. The van der Waals surface area contributed by atoms with Crippen LogP contribution in [-0.2, 0) is 9.59 Å². The average molecular weight is 296 g/mol. The van der Waals surface area contributed by atoms with Gasteiger partial charge in [-0.1, -0.05) is 12.1 Å². The molecular weight excluding hydrogens is 280 g/mol. The van der Waals surface area contributed by atoms with E-state index in [0.717, 1.165) is 16.3 Å². The maximum Gasteiger partial charge on any atom is 0.247 e. The number of amides is 2. The van der Waals surface area contributed by atoms with Crippen LogP contribution in [0.4, 0.5) is 5.69 Å². The Bertz CT molecular complexity index is 479. The zero-order valence-electron chi connectivity index (χ0n) is 10.6. The van der Waals surface area contributed by atoms with Gasteiger partial charge in [-0.25, -0.2) is 0 Å². The predicted octanol–water partition coefficient (Wildman–Crippen LogP) is 1.97. The van der Waals surface area contributed by atoms with Crippen molar-refractivity contribution in [3.05, 3.63) is 24.3 Å². The molecule has 1 aliphatic heterocycles. The van der Waals surface area contributed by atoms with Gasteiger partial charge in [0, 0.05) is 22.8 Å². The Morgan fingerprint density at radius 3 is 3.05 bits per heavy atom. The number of nitrogens with one attached hydrogen (secondary N) is 2. The molecule has 0 aliphatic carbocycles. The Labute approximate surface area is 121 Å². The van der Waals surface area contributed by atoms with Crippen molar-refractivity contribution >= 4 is 41.0 Å². The summed E-state index contributed by atoms with van der Waals surface area (Å²) in [6.45, 7) is 0. The van der Waals surface area contributed by atoms with Crippen LogP contribution in [0.15, 0.2) is 29.2 Å². The van der Waals surface area contributed by atoms with Crippen molar-refractivity contribution in [2.75, 3.05) is 23.1 Å². The first kappa shape index (κ1) is 14.3. The molecule has 1 fully saturated rings. The van der Waals surface area contributed by atoms with Crippen LogP contribution in [0.3, 0.4) is 0 Å². The highest BCUT2D eigenvalue weighted by molar-refractivity contribution is 7.99. The number of carbonyl (C=O) groups excluding carboxylic acids is 2. The van der Waals surface area contributed by atoms with Crippen LogP contribution in [0.2, 0.25) is 0 Å². The van der Waals surface area contributed by atoms with Gasteiger partial charge in [0.15, 0.2) is 0 Å². The van der Waals surface area contributed by atoms with Crippen molar-refractivity contribution in [1.82, 2.24) is 5.32 Å². The number of thioether (sulfide) groups is 2. The summed E-state index contributed by atoms with van der Waals surface area (Å²) in [6.07, 6.45) is 2.45. The van der Waals surface area contributed by atoms with Crippen LogP contribution >= 0.6 is 23.5 Å². The van der Waals surface area contributed by atoms with Gasteiger partial charge >= 0.3 is 0 Å². The first-order valence-electron chi connectivity index (χ1n) is 6.01. The first-order valence-corrected chi connectivity index (χ1v) is 8.39.